The predicted octanol–water partition coefficient (Wildman–Crippen LogP) is 7.05. The Labute approximate surface area is 176 Å². The molecule has 28 heavy (non-hydrogen) atoms. The van der Waals surface area contributed by atoms with Gasteiger partial charge >= 0.3 is 5.97 Å². The van der Waals surface area contributed by atoms with E-state index >= 15 is 0 Å². The molecule has 0 radical (unpaired) electrons. The van der Waals surface area contributed by atoms with Gasteiger partial charge in [0, 0.05) is 5.57 Å². The quantitative estimate of drug-likeness (QED) is 0.0953. The number of unbranched alkanes of at least 4 members (excludes halogenated alkanes) is 12. The molecule has 0 aromatic heterocycles. The fourth-order valence-corrected chi connectivity index (χ4v) is 3.72. The number of hydrogen-bond acceptors (Lipinski definition) is 2. The van der Waals surface area contributed by atoms with Crippen LogP contribution in [0.4, 0.5) is 0 Å². The van der Waals surface area contributed by atoms with Gasteiger partial charge in [0.15, 0.2) is 0 Å². The second-order valence-corrected chi connectivity index (χ2v) is 8.95. The number of quaternary nitrogens is 1. The molecule has 0 aromatic carbocycles. The van der Waals surface area contributed by atoms with E-state index in [1.807, 2.05) is 0 Å². The van der Waals surface area contributed by atoms with Crippen molar-refractivity contribution in [3.63, 3.8) is 0 Å². The van der Waals surface area contributed by atoms with Crippen LogP contribution in [0.15, 0.2) is 12.2 Å². The Hall–Kier alpha value is -0.830. The largest absolute Gasteiger partial charge is 0.456 e. The van der Waals surface area contributed by atoms with Gasteiger partial charge < -0.3 is 9.22 Å². The van der Waals surface area contributed by atoms with Crippen molar-refractivity contribution < 1.29 is 14.0 Å². The van der Waals surface area contributed by atoms with E-state index in [4.69, 9.17) is 4.74 Å². The lowest BCUT2D eigenvalue weighted by Crippen LogP contribution is -2.48. The maximum absolute atomic E-state index is 11.6. The van der Waals surface area contributed by atoms with Gasteiger partial charge in [0.1, 0.15) is 13.2 Å². The van der Waals surface area contributed by atoms with Gasteiger partial charge in [-0.25, -0.2) is 4.79 Å². The summed E-state index contributed by atoms with van der Waals surface area (Å²) < 4.78 is 6.40. The fourth-order valence-electron chi connectivity index (χ4n) is 3.72. The zero-order chi connectivity index (χ0) is 21.1. The summed E-state index contributed by atoms with van der Waals surface area (Å²) >= 11 is 0. The Morgan fingerprint density at radius 2 is 1.11 bits per heavy atom. The van der Waals surface area contributed by atoms with Crippen LogP contribution in [0.1, 0.15) is 111 Å². The molecule has 166 valence electrons. The summed E-state index contributed by atoms with van der Waals surface area (Å²) in [5.41, 5.74) is 0.492. The standard InChI is InChI=1S/C25H50NO2/c1-6-8-10-12-13-14-15-16-17-19-21-26(5,20-18-11-9-7-2)22-23-28-25(27)24(3)4/h3,6-23H2,1-2,4-5H3/q+1. The van der Waals surface area contributed by atoms with Crippen molar-refractivity contribution in [3.05, 3.63) is 12.2 Å². The number of esters is 1. The van der Waals surface area contributed by atoms with Crippen molar-refractivity contribution in [1.29, 1.82) is 0 Å². The summed E-state index contributed by atoms with van der Waals surface area (Å²) in [7, 11) is 2.34. The highest BCUT2D eigenvalue weighted by atomic mass is 16.5. The minimum atomic E-state index is -0.253. The summed E-state index contributed by atoms with van der Waals surface area (Å²) in [6.45, 7) is 13.7. The number of hydrogen-bond donors (Lipinski definition) is 0. The second-order valence-electron chi connectivity index (χ2n) is 8.95. The third-order valence-electron chi connectivity index (χ3n) is 5.82. The molecule has 3 heteroatoms. The van der Waals surface area contributed by atoms with E-state index in [0.717, 1.165) is 11.0 Å². The zero-order valence-corrected chi connectivity index (χ0v) is 19.7. The lowest BCUT2D eigenvalue weighted by molar-refractivity contribution is -0.910. The Morgan fingerprint density at radius 3 is 1.54 bits per heavy atom. The molecule has 0 aromatic rings. The molecule has 0 aliphatic carbocycles. The molecule has 0 aliphatic rings. The smallest absolute Gasteiger partial charge is 0.333 e. The molecule has 0 rings (SSSR count). The van der Waals surface area contributed by atoms with Crippen LogP contribution in [0, 0.1) is 0 Å². The number of ether oxygens (including phenoxy) is 1. The minimum Gasteiger partial charge on any atom is -0.456 e. The summed E-state index contributed by atoms with van der Waals surface area (Å²) in [4.78, 5) is 11.6. The monoisotopic (exact) mass is 396 g/mol. The van der Waals surface area contributed by atoms with E-state index in [9.17, 15) is 4.79 Å². The van der Waals surface area contributed by atoms with E-state index in [1.165, 1.54) is 103 Å². The predicted molar refractivity (Wildman–Crippen MR) is 123 cm³/mol. The van der Waals surface area contributed by atoms with Crippen LogP contribution >= 0.6 is 0 Å². The summed E-state index contributed by atoms with van der Waals surface area (Å²) in [6.07, 6.45) is 19.0. The van der Waals surface area contributed by atoms with Crippen LogP contribution in [0.2, 0.25) is 0 Å². The van der Waals surface area contributed by atoms with E-state index < -0.39 is 0 Å². The Bertz CT molecular complexity index is 394. The van der Waals surface area contributed by atoms with Crippen molar-refractivity contribution in [1.82, 2.24) is 0 Å². The minimum absolute atomic E-state index is 0.253. The second kappa shape index (κ2) is 18.2. The molecule has 0 fully saturated rings. The van der Waals surface area contributed by atoms with Crippen molar-refractivity contribution >= 4 is 5.97 Å². The van der Waals surface area contributed by atoms with Crippen LogP contribution in [0.3, 0.4) is 0 Å². The van der Waals surface area contributed by atoms with Crippen molar-refractivity contribution in [2.75, 3.05) is 33.3 Å². The third kappa shape index (κ3) is 16.2. The average Bonchev–Trinajstić information content (AvgIpc) is 2.66. The van der Waals surface area contributed by atoms with E-state index in [-0.39, 0.29) is 5.97 Å². The van der Waals surface area contributed by atoms with Gasteiger partial charge in [0.25, 0.3) is 0 Å². The van der Waals surface area contributed by atoms with Gasteiger partial charge in [-0.1, -0.05) is 84.6 Å². The normalized spacial score (nSPS) is 13.3. The molecule has 3 nitrogen and oxygen atoms in total. The molecule has 0 amide bonds. The lowest BCUT2D eigenvalue weighted by Gasteiger charge is -2.34. The van der Waals surface area contributed by atoms with E-state index in [0.29, 0.717) is 12.2 Å². The topological polar surface area (TPSA) is 26.3 Å². The third-order valence-corrected chi connectivity index (χ3v) is 5.82. The fraction of sp³-hybridized carbons (Fsp3) is 0.880. The van der Waals surface area contributed by atoms with Crippen molar-refractivity contribution in [3.8, 4) is 0 Å². The molecule has 0 heterocycles. The molecular weight excluding hydrogens is 346 g/mol. The first kappa shape index (κ1) is 27.2. The first-order chi connectivity index (χ1) is 13.4. The summed E-state index contributed by atoms with van der Waals surface area (Å²) in [6, 6.07) is 0. The van der Waals surface area contributed by atoms with Crippen LogP contribution < -0.4 is 0 Å². The van der Waals surface area contributed by atoms with Gasteiger partial charge in [-0.3, -0.25) is 0 Å². The first-order valence-corrected chi connectivity index (χ1v) is 12.1. The van der Waals surface area contributed by atoms with Gasteiger partial charge in [-0.2, -0.15) is 0 Å². The Kier molecular flexibility index (Phi) is 17.7. The van der Waals surface area contributed by atoms with Crippen LogP contribution in [0.5, 0.6) is 0 Å². The molecule has 0 N–H and O–H groups in total. The van der Waals surface area contributed by atoms with Crippen LogP contribution in [-0.4, -0.2) is 43.7 Å². The van der Waals surface area contributed by atoms with Crippen molar-refractivity contribution in [2.45, 2.75) is 111 Å². The van der Waals surface area contributed by atoms with Crippen LogP contribution in [-0.2, 0) is 9.53 Å². The van der Waals surface area contributed by atoms with Gasteiger partial charge in [-0.15, -0.1) is 0 Å². The van der Waals surface area contributed by atoms with E-state index in [2.05, 4.69) is 27.5 Å². The highest BCUT2D eigenvalue weighted by Crippen LogP contribution is 2.14. The first-order valence-electron chi connectivity index (χ1n) is 12.1. The molecule has 0 aliphatic heterocycles. The molecule has 0 bridgehead atoms. The number of likely N-dealkylation sites (N-methyl/N-ethyl adjacent to an activating group) is 1. The summed E-state index contributed by atoms with van der Waals surface area (Å²) in [5, 5.41) is 0. The SMILES string of the molecule is C=C(C)C(=O)OCC[N+](C)(CCCCCC)CCCCCCCCCCCC. The number of carbonyl (C=O) groups is 1. The average molecular weight is 397 g/mol. The zero-order valence-electron chi connectivity index (χ0n) is 19.7. The van der Waals surface area contributed by atoms with Gasteiger partial charge in [0.2, 0.25) is 0 Å². The number of rotatable bonds is 20. The number of nitrogens with zero attached hydrogens (tertiary/aromatic N) is 1. The van der Waals surface area contributed by atoms with Crippen molar-refractivity contribution in [2.24, 2.45) is 0 Å². The van der Waals surface area contributed by atoms with Crippen LogP contribution in [0.25, 0.3) is 0 Å². The maximum Gasteiger partial charge on any atom is 0.333 e. The molecule has 1 atom stereocenters. The molecule has 0 saturated carbocycles. The lowest BCUT2D eigenvalue weighted by atomic mass is 10.1. The molecule has 0 spiro atoms. The van der Waals surface area contributed by atoms with E-state index in [1.54, 1.807) is 6.92 Å². The molecule has 1 unspecified atom stereocenters. The summed E-state index contributed by atoms with van der Waals surface area (Å²) in [5.74, 6) is -0.253. The number of carbonyl (C=O) groups excluding carboxylic acids is 1. The highest BCUT2D eigenvalue weighted by molar-refractivity contribution is 5.86. The molecule has 0 saturated heterocycles. The van der Waals surface area contributed by atoms with Gasteiger partial charge in [0.05, 0.1) is 20.1 Å². The maximum atomic E-state index is 11.6. The molecular formula is C25H50NO2+. The Morgan fingerprint density at radius 1 is 0.714 bits per heavy atom. The van der Waals surface area contributed by atoms with Gasteiger partial charge in [-0.05, 0) is 32.6 Å². The Balaban J connectivity index is 4.05. The highest BCUT2D eigenvalue weighted by Gasteiger charge is 2.21.